The number of benzene rings is 1. The highest BCUT2D eigenvalue weighted by atomic mass is 32.2. The standard InChI is InChI=1S/C23H20F2N6O3S/c24-19-4-3-16(7-20(19)25)35(33,34)30-11-15(12-30)31-10-14(9-27-31)18-8-21(29-23(32)13-1-2-13)28-22-17(18)5-6-26-22/h3-10,13,15H,1-2,11-12H2,(H2,26,28,29,32). The van der Waals surface area contributed by atoms with Gasteiger partial charge in [0.05, 0.1) is 17.1 Å². The van der Waals surface area contributed by atoms with Crippen LogP contribution in [0.5, 0.6) is 0 Å². The number of hydrogen-bond acceptors (Lipinski definition) is 5. The molecule has 6 rings (SSSR count). The molecule has 1 amide bonds. The summed E-state index contributed by atoms with van der Waals surface area (Å²) in [5, 5.41) is 8.16. The molecule has 4 heterocycles. The number of fused-ring (bicyclic) bond motifs is 1. The number of pyridine rings is 1. The normalized spacial score (nSPS) is 17.0. The zero-order valence-electron chi connectivity index (χ0n) is 18.3. The fourth-order valence-corrected chi connectivity index (χ4v) is 5.68. The summed E-state index contributed by atoms with van der Waals surface area (Å²) in [6, 6.07) is 6.03. The summed E-state index contributed by atoms with van der Waals surface area (Å²) in [6.45, 7) is 0.308. The van der Waals surface area contributed by atoms with Crippen molar-refractivity contribution in [1.82, 2.24) is 24.1 Å². The molecule has 35 heavy (non-hydrogen) atoms. The number of carbonyl (C=O) groups is 1. The number of aromatic nitrogens is 4. The van der Waals surface area contributed by atoms with E-state index in [9.17, 15) is 22.0 Å². The summed E-state index contributed by atoms with van der Waals surface area (Å²) in [7, 11) is -3.94. The van der Waals surface area contributed by atoms with Gasteiger partial charge >= 0.3 is 0 Å². The Hall–Kier alpha value is -3.64. The molecule has 0 spiro atoms. The van der Waals surface area contributed by atoms with Gasteiger partial charge in [-0.2, -0.15) is 9.40 Å². The lowest BCUT2D eigenvalue weighted by molar-refractivity contribution is -0.117. The minimum Gasteiger partial charge on any atom is -0.346 e. The van der Waals surface area contributed by atoms with Gasteiger partial charge in [0.1, 0.15) is 11.5 Å². The summed E-state index contributed by atoms with van der Waals surface area (Å²) in [4.78, 5) is 19.5. The molecule has 2 fully saturated rings. The van der Waals surface area contributed by atoms with Crippen molar-refractivity contribution < 1.29 is 22.0 Å². The van der Waals surface area contributed by atoms with Crippen LogP contribution in [0.15, 0.2) is 53.8 Å². The van der Waals surface area contributed by atoms with Gasteiger partial charge in [-0.3, -0.25) is 9.48 Å². The van der Waals surface area contributed by atoms with Crippen LogP contribution in [0.1, 0.15) is 18.9 Å². The Balaban J connectivity index is 1.22. The van der Waals surface area contributed by atoms with E-state index in [1.807, 2.05) is 12.3 Å². The third kappa shape index (κ3) is 3.88. The number of carbonyl (C=O) groups excluding carboxylic acids is 1. The van der Waals surface area contributed by atoms with Crippen LogP contribution in [-0.4, -0.2) is 51.5 Å². The first-order valence-electron chi connectivity index (χ1n) is 11.1. The Kier molecular flexibility index (Phi) is 4.97. The maximum atomic E-state index is 13.5. The number of H-pyrrole nitrogens is 1. The van der Waals surface area contributed by atoms with Crippen LogP contribution in [0, 0.1) is 17.6 Å². The monoisotopic (exact) mass is 498 g/mol. The second kappa shape index (κ2) is 7.95. The van der Waals surface area contributed by atoms with Gasteiger partial charge in [-0.15, -0.1) is 0 Å². The molecule has 1 aliphatic heterocycles. The van der Waals surface area contributed by atoms with Crippen LogP contribution < -0.4 is 5.32 Å². The second-order valence-electron chi connectivity index (χ2n) is 8.82. The first-order valence-corrected chi connectivity index (χ1v) is 12.5. The van der Waals surface area contributed by atoms with Gasteiger partial charge < -0.3 is 10.3 Å². The average Bonchev–Trinajstić information content (AvgIpc) is 3.35. The number of anilines is 1. The summed E-state index contributed by atoms with van der Waals surface area (Å²) in [5.74, 6) is -1.85. The number of halogens is 2. The molecule has 2 aliphatic rings. The molecule has 12 heteroatoms. The smallest absolute Gasteiger partial charge is 0.243 e. The van der Waals surface area contributed by atoms with Gasteiger partial charge in [0.15, 0.2) is 11.6 Å². The van der Waals surface area contributed by atoms with Crippen LogP contribution >= 0.6 is 0 Å². The fraction of sp³-hybridized carbons (Fsp3) is 0.261. The molecule has 9 nitrogen and oxygen atoms in total. The molecule has 1 saturated heterocycles. The van der Waals surface area contributed by atoms with E-state index in [1.165, 1.54) is 4.31 Å². The number of amides is 1. The first-order chi connectivity index (χ1) is 16.8. The van der Waals surface area contributed by atoms with Gasteiger partial charge in [-0.25, -0.2) is 22.2 Å². The van der Waals surface area contributed by atoms with Crippen molar-refractivity contribution in [1.29, 1.82) is 0 Å². The van der Waals surface area contributed by atoms with E-state index >= 15 is 0 Å². The van der Waals surface area contributed by atoms with Crippen molar-refractivity contribution >= 4 is 32.8 Å². The van der Waals surface area contributed by atoms with Crippen molar-refractivity contribution in [2.45, 2.75) is 23.8 Å². The van der Waals surface area contributed by atoms with Crippen LogP contribution in [0.2, 0.25) is 0 Å². The first kappa shape index (κ1) is 21.9. The zero-order valence-corrected chi connectivity index (χ0v) is 19.1. The number of rotatable bonds is 6. The van der Waals surface area contributed by atoms with Crippen LogP contribution in [-0.2, 0) is 14.8 Å². The summed E-state index contributed by atoms with van der Waals surface area (Å²) >= 11 is 0. The highest BCUT2D eigenvalue weighted by Crippen LogP contribution is 2.34. The van der Waals surface area contributed by atoms with Crippen molar-refractivity contribution in [2.75, 3.05) is 18.4 Å². The topological polar surface area (TPSA) is 113 Å². The summed E-state index contributed by atoms with van der Waals surface area (Å²) < 4.78 is 55.1. The maximum absolute atomic E-state index is 13.5. The molecule has 2 N–H and O–H groups in total. The van der Waals surface area contributed by atoms with E-state index in [1.54, 1.807) is 23.1 Å². The highest BCUT2D eigenvalue weighted by Gasteiger charge is 2.38. The number of nitrogens with zero attached hydrogens (tertiary/aromatic N) is 4. The van der Waals surface area contributed by atoms with E-state index in [4.69, 9.17) is 0 Å². The molecular formula is C23H20F2N6O3S. The molecular weight excluding hydrogens is 478 g/mol. The third-order valence-electron chi connectivity index (χ3n) is 6.37. The Labute approximate surface area is 198 Å². The zero-order chi connectivity index (χ0) is 24.3. The molecule has 4 aromatic rings. The molecule has 1 saturated carbocycles. The van der Waals surface area contributed by atoms with Crippen molar-refractivity contribution in [2.24, 2.45) is 5.92 Å². The van der Waals surface area contributed by atoms with Crippen LogP contribution in [0.4, 0.5) is 14.6 Å². The van der Waals surface area contributed by atoms with E-state index in [-0.39, 0.29) is 35.9 Å². The van der Waals surface area contributed by atoms with E-state index in [0.29, 0.717) is 17.5 Å². The Morgan fingerprint density at radius 2 is 1.91 bits per heavy atom. The highest BCUT2D eigenvalue weighted by molar-refractivity contribution is 7.89. The maximum Gasteiger partial charge on any atom is 0.243 e. The van der Waals surface area contributed by atoms with E-state index < -0.39 is 21.7 Å². The fourth-order valence-electron chi connectivity index (χ4n) is 4.16. The number of sulfonamides is 1. The molecule has 180 valence electrons. The summed E-state index contributed by atoms with van der Waals surface area (Å²) in [5.41, 5.74) is 2.26. The Morgan fingerprint density at radius 3 is 2.66 bits per heavy atom. The van der Waals surface area contributed by atoms with Crippen molar-refractivity contribution in [3.8, 4) is 11.1 Å². The van der Waals surface area contributed by atoms with E-state index in [2.05, 4.69) is 20.4 Å². The lowest BCUT2D eigenvalue weighted by atomic mass is 10.1. The van der Waals surface area contributed by atoms with Crippen molar-refractivity contribution in [3.63, 3.8) is 0 Å². The van der Waals surface area contributed by atoms with Gasteiger partial charge in [0, 0.05) is 42.4 Å². The van der Waals surface area contributed by atoms with Crippen molar-refractivity contribution in [3.05, 3.63) is 60.6 Å². The van der Waals surface area contributed by atoms with Crippen LogP contribution in [0.3, 0.4) is 0 Å². The predicted molar refractivity (Wildman–Crippen MR) is 123 cm³/mol. The minimum atomic E-state index is -3.94. The average molecular weight is 499 g/mol. The Morgan fingerprint density at radius 1 is 1.11 bits per heavy atom. The van der Waals surface area contributed by atoms with Gasteiger partial charge in [-0.1, -0.05) is 0 Å². The third-order valence-corrected chi connectivity index (χ3v) is 8.20. The molecule has 0 atom stereocenters. The molecule has 0 radical (unpaired) electrons. The quantitative estimate of drug-likeness (QED) is 0.424. The number of hydrogen-bond donors (Lipinski definition) is 2. The van der Waals surface area contributed by atoms with Gasteiger partial charge in [-0.05, 0) is 48.7 Å². The lowest BCUT2D eigenvalue weighted by Crippen LogP contribution is -2.50. The summed E-state index contributed by atoms with van der Waals surface area (Å²) in [6.07, 6.45) is 7.05. The lowest BCUT2D eigenvalue weighted by Gasteiger charge is -2.37. The van der Waals surface area contributed by atoms with Gasteiger partial charge in [0.25, 0.3) is 0 Å². The molecule has 1 aromatic carbocycles. The SMILES string of the molecule is O=C(Nc1cc(-c2cnn(C3CN(S(=O)(=O)c4ccc(F)c(F)c4)C3)c2)c2cc[nH]c2n1)C1CC1. The number of aromatic amines is 1. The molecule has 3 aromatic heterocycles. The second-order valence-corrected chi connectivity index (χ2v) is 10.8. The number of nitrogens with one attached hydrogen (secondary N) is 2. The predicted octanol–water partition coefficient (Wildman–Crippen LogP) is 3.30. The van der Waals surface area contributed by atoms with E-state index in [0.717, 1.165) is 41.5 Å². The molecule has 0 unspecified atom stereocenters. The molecule has 1 aliphatic carbocycles. The largest absolute Gasteiger partial charge is 0.346 e. The minimum absolute atomic E-state index is 0.0399. The van der Waals surface area contributed by atoms with Gasteiger partial charge in [0.2, 0.25) is 15.9 Å². The Bertz CT molecular complexity index is 1570. The van der Waals surface area contributed by atoms with Crippen LogP contribution in [0.25, 0.3) is 22.2 Å². The molecule has 0 bridgehead atoms.